The van der Waals surface area contributed by atoms with Crippen LogP contribution < -0.4 is 5.32 Å². The number of rotatable bonds is 6. The van der Waals surface area contributed by atoms with E-state index in [4.69, 9.17) is 4.52 Å². The van der Waals surface area contributed by atoms with Gasteiger partial charge in [0.15, 0.2) is 5.58 Å². The number of likely N-dealkylation sites (tertiary alicyclic amines) is 1. The van der Waals surface area contributed by atoms with Gasteiger partial charge in [0.1, 0.15) is 11.5 Å². The van der Waals surface area contributed by atoms with Crippen molar-refractivity contribution in [2.24, 2.45) is 0 Å². The zero-order valence-corrected chi connectivity index (χ0v) is 15.3. The number of hydrogen-bond donors (Lipinski definition) is 1. The molecule has 0 atom stereocenters. The largest absolute Gasteiger partial charge is 0.356 e. The zero-order valence-electron chi connectivity index (χ0n) is 15.3. The summed E-state index contributed by atoms with van der Waals surface area (Å²) in [4.78, 5) is 25.8. The highest BCUT2D eigenvalue weighted by molar-refractivity contribution is 5.86. The Hall–Kier alpha value is -3.22. The molecule has 144 valence electrons. The summed E-state index contributed by atoms with van der Waals surface area (Å²) in [5.74, 6) is -0.407. The highest BCUT2D eigenvalue weighted by atomic mass is 19.1. The Morgan fingerprint density at radius 2 is 1.96 bits per heavy atom. The minimum atomic E-state index is -0.395. The lowest BCUT2D eigenvalue weighted by Gasteiger charge is -2.15. The van der Waals surface area contributed by atoms with Gasteiger partial charge in [-0.2, -0.15) is 0 Å². The average Bonchev–Trinajstić information content (AvgIpc) is 3.27. The molecule has 0 bridgehead atoms. The van der Waals surface area contributed by atoms with Crippen molar-refractivity contribution in [2.75, 3.05) is 6.54 Å². The lowest BCUT2D eigenvalue weighted by Crippen LogP contribution is -2.25. The van der Waals surface area contributed by atoms with E-state index in [1.807, 2.05) is 29.2 Å². The molecule has 2 aromatic carbocycles. The standard InChI is InChI=1S/C21H20FN3O3/c22-16-7-8-19-17(10-16)18(24-28-19)11-20(26)23-12-14-3-5-15(6-4-14)13-25-9-1-2-21(25)27/h3-8,10H,1-2,9,11-13H2,(H,23,26). The van der Waals surface area contributed by atoms with Crippen LogP contribution in [0.15, 0.2) is 47.0 Å². The molecule has 2 heterocycles. The van der Waals surface area contributed by atoms with E-state index in [2.05, 4.69) is 10.5 Å². The van der Waals surface area contributed by atoms with E-state index >= 15 is 0 Å². The molecule has 1 N–H and O–H groups in total. The molecule has 3 aromatic rings. The molecule has 1 saturated heterocycles. The predicted molar refractivity (Wildman–Crippen MR) is 101 cm³/mol. The van der Waals surface area contributed by atoms with Gasteiger partial charge < -0.3 is 14.7 Å². The second-order valence-corrected chi connectivity index (χ2v) is 6.96. The maximum atomic E-state index is 13.4. The quantitative estimate of drug-likeness (QED) is 0.712. The van der Waals surface area contributed by atoms with Crippen molar-refractivity contribution in [3.05, 3.63) is 65.1 Å². The second-order valence-electron chi connectivity index (χ2n) is 6.96. The lowest BCUT2D eigenvalue weighted by molar-refractivity contribution is -0.128. The van der Waals surface area contributed by atoms with Crippen molar-refractivity contribution in [3.8, 4) is 0 Å². The number of benzene rings is 2. The van der Waals surface area contributed by atoms with Crippen LogP contribution in [0.5, 0.6) is 0 Å². The number of aromatic nitrogens is 1. The van der Waals surface area contributed by atoms with Gasteiger partial charge in [0.25, 0.3) is 0 Å². The van der Waals surface area contributed by atoms with Crippen molar-refractivity contribution in [1.29, 1.82) is 0 Å². The molecule has 2 amide bonds. The van der Waals surface area contributed by atoms with E-state index in [9.17, 15) is 14.0 Å². The van der Waals surface area contributed by atoms with E-state index in [1.54, 1.807) is 0 Å². The van der Waals surface area contributed by atoms with Crippen LogP contribution in [-0.4, -0.2) is 28.4 Å². The Kier molecular flexibility index (Phi) is 5.06. The molecule has 0 saturated carbocycles. The number of fused-ring (bicyclic) bond motifs is 1. The van der Waals surface area contributed by atoms with Gasteiger partial charge in [-0.05, 0) is 35.7 Å². The van der Waals surface area contributed by atoms with Gasteiger partial charge in [0.2, 0.25) is 11.8 Å². The van der Waals surface area contributed by atoms with Crippen LogP contribution in [-0.2, 0) is 29.1 Å². The fourth-order valence-corrected chi connectivity index (χ4v) is 3.36. The third-order valence-electron chi connectivity index (χ3n) is 4.89. The number of halogens is 1. The molecular weight excluding hydrogens is 361 g/mol. The fraction of sp³-hybridized carbons (Fsp3) is 0.286. The third kappa shape index (κ3) is 4.03. The molecule has 7 heteroatoms. The first kappa shape index (κ1) is 18.2. The van der Waals surface area contributed by atoms with E-state index in [0.29, 0.717) is 36.2 Å². The first-order chi connectivity index (χ1) is 13.6. The summed E-state index contributed by atoms with van der Waals surface area (Å²) in [6.45, 7) is 1.82. The first-order valence-corrected chi connectivity index (χ1v) is 9.24. The Balaban J connectivity index is 1.31. The van der Waals surface area contributed by atoms with Gasteiger partial charge in [0, 0.05) is 31.4 Å². The minimum Gasteiger partial charge on any atom is -0.356 e. The van der Waals surface area contributed by atoms with Gasteiger partial charge in [0.05, 0.1) is 6.42 Å². The van der Waals surface area contributed by atoms with Crippen LogP contribution >= 0.6 is 0 Å². The van der Waals surface area contributed by atoms with Gasteiger partial charge >= 0.3 is 0 Å². The average molecular weight is 381 g/mol. The maximum absolute atomic E-state index is 13.4. The molecule has 1 aliphatic rings. The van der Waals surface area contributed by atoms with Crippen LogP contribution in [0, 0.1) is 5.82 Å². The number of carbonyl (C=O) groups excluding carboxylic acids is 2. The second kappa shape index (κ2) is 7.80. The molecule has 28 heavy (non-hydrogen) atoms. The van der Waals surface area contributed by atoms with Crippen LogP contribution in [0.3, 0.4) is 0 Å². The van der Waals surface area contributed by atoms with Gasteiger partial charge in [-0.25, -0.2) is 4.39 Å². The summed E-state index contributed by atoms with van der Waals surface area (Å²) in [5.41, 5.74) is 2.90. The number of hydrogen-bond acceptors (Lipinski definition) is 4. The first-order valence-electron chi connectivity index (χ1n) is 9.24. The van der Waals surface area contributed by atoms with Gasteiger partial charge in [-0.1, -0.05) is 29.4 Å². The maximum Gasteiger partial charge on any atom is 0.226 e. The smallest absolute Gasteiger partial charge is 0.226 e. The van der Waals surface area contributed by atoms with Crippen molar-refractivity contribution in [1.82, 2.24) is 15.4 Å². The van der Waals surface area contributed by atoms with Crippen LogP contribution in [0.25, 0.3) is 11.0 Å². The Morgan fingerprint density at radius 1 is 1.18 bits per heavy atom. The molecule has 0 aliphatic carbocycles. The predicted octanol–water partition coefficient (Wildman–Crippen LogP) is 2.95. The Bertz CT molecular complexity index is 1010. The Labute approximate surface area is 161 Å². The van der Waals surface area contributed by atoms with Crippen LogP contribution in [0.1, 0.15) is 29.7 Å². The normalized spacial score (nSPS) is 14.0. The number of nitrogens with zero attached hydrogens (tertiary/aromatic N) is 2. The summed E-state index contributed by atoms with van der Waals surface area (Å²) in [6, 6.07) is 11.9. The fourth-order valence-electron chi connectivity index (χ4n) is 3.36. The number of amides is 2. The van der Waals surface area contributed by atoms with Crippen molar-refractivity contribution in [2.45, 2.75) is 32.4 Å². The molecule has 1 fully saturated rings. The molecule has 6 nitrogen and oxygen atoms in total. The highest BCUT2D eigenvalue weighted by Crippen LogP contribution is 2.20. The molecule has 4 rings (SSSR count). The SMILES string of the molecule is O=C(Cc1noc2ccc(F)cc12)NCc1ccc(CN2CCCC2=O)cc1. The van der Waals surface area contributed by atoms with E-state index in [0.717, 1.165) is 24.1 Å². The van der Waals surface area contributed by atoms with Gasteiger partial charge in [-0.15, -0.1) is 0 Å². The highest BCUT2D eigenvalue weighted by Gasteiger charge is 2.19. The topological polar surface area (TPSA) is 75.4 Å². The Morgan fingerprint density at radius 3 is 2.71 bits per heavy atom. The molecule has 0 unspecified atom stereocenters. The summed E-state index contributed by atoms with van der Waals surface area (Å²) >= 11 is 0. The number of carbonyl (C=O) groups is 2. The monoisotopic (exact) mass is 381 g/mol. The van der Waals surface area contributed by atoms with Crippen LogP contribution in [0.4, 0.5) is 4.39 Å². The van der Waals surface area contributed by atoms with Crippen LogP contribution in [0.2, 0.25) is 0 Å². The minimum absolute atomic E-state index is 0.0195. The van der Waals surface area contributed by atoms with E-state index < -0.39 is 5.82 Å². The third-order valence-corrected chi connectivity index (χ3v) is 4.89. The summed E-state index contributed by atoms with van der Waals surface area (Å²) < 4.78 is 18.5. The van der Waals surface area contributed by atoms with Crippen molar-refractivity contribution >= 4 is 22.8 Å². The molecule has 0 radical (unpaired) electrons. The van der Waals surface area contributed by atoms with E-state index in [1.165, 1.54) is 18.2 Å². The molecule has 1 aliphatic heterocycles. The zero-order chi connectivity index (χ0) is 19.5. The van der Waals surface area contributed by atoms with Crippen molar-refractivity contribution < 1.29 is 18.5 Å². The summed E-state index contributed by atoms with van der Waals surface area (Å²) in [7, 11) is 0. The summed E-state index contributed by atoms with van der Waals surface area (Å²) in [5, 5.41) is 7.21. The molecule has 1 aromatic heterocycles. The van der Waals surface area contributed by atoms with Crippen molar-refractivity contribution in [3.63, 3.8) is 0 Å². The number of nitrogens with one attached hydrogen (secondary N) is 1. The lowest BCUT2D eigenvalue weighted by atomic mass is 10.1. The molecular formula is C21H20FN3O3. The summed E-state index contributed by atoms with van der Waals surface area (Å²) in [6.07, 6.45) is 1.58. The van der Waals surface area contributed by atoms with Gasteiger partial charge in [-0.3, -0.25) is 9.59 Å². The van der Waals surface area contributed by atoms with E-state index in [-0.39, 0.29) is 18.2 Å². The molecule has 0 spiro atoms.